The van der Waals surface area contributed by atoms with Gasteiger partial charge in [0.25, 0.3) is 0 Å². The Morgan fingerprint density at radius 3 is 2.95 bits per heavy atom. The minimum Gasteiger partial charge on any atom is -0.368 e. The van der Waals surface area contributed by atoms with Gasteiger partial charge in [-0.05, 0) is 0 Å². The van der Waals surface area contributed by atoms with E-state index in [4.69, 9.17) is 5.73 Å². The van der Waals surface area contributed by atoms with E-state index in [1.54, 1.807) is 46.3 Å². The Bertz CT molecular complexity index is 648. The highest BCUT2D eigenvalue weighted by Gasteiger charge is 2.06. The second-order valence-electron chi connectivity index (χ2n) is 3.61. The molecule has 3 heterocycles. The fourth-order valence-corrected chi connectivity index (χ4v) is 1.98. The highest BCUT2D eigenvalue weighted by molar-refractivity contribution is 7.09. The van der Waals surface area contributed by atoms with E-state index >= 15 is 0 Å². The molecule has 0 aromatic carbocycles. The molecule has 0 aliphatic carbocycles. The van der Waals surface area contributed by atoms with Gasteiger partial charge in [0.2, 0.25) is 17.8 Å². The summed E-state index contributed by atoms with van der Waals surface area (Å²) >= 11 is 1.56. The van der Waals surface area contributed by atoms with Crippen LogP contribution in [-0.2, 0) is 6.54 Å². The van der Waals surface area contributed by atoms with E-state index in [0.29, 0.717) is 18.4 Å². The lowest BCUT2D eigenvalue weighted by molar-refractivity contribution is 0.896. The summed E-state index contributed by atoms with van der Waals surface area (Å²) in [5.74, 6) is 1.01. The number of nitrogens with two attached hydrogens (primary N) is 1. The summed E-state index contributed by atoms with van der Waals surface area (Å²) in [6, 6.07) is 0. The van der Waals surface area contributed by atoms with Gasteiger partial charge in [0.1, 0.15) is 6.33 Å². The molecule has 0 amide bonds. The van der Waals surface area contributed by atoms with Crippen molar-refractivity contribution in [3.05, 3.63) is 35.3 Å². The summed E-state index contributed by atoms with van der Waals surface area (Å²) in [7, 11) is 0. The van der Waals surface area contributed by atoms with Crippen molar-refractivity contribution in [2.24, 2.45) is 0 Å². The Morgan fingerprint density at radius 1 is 1.26 bits per heavy atom. The number of rotatable bonds is 4. The molecule has 8 nitrogen and oxygen atoms in total. The molecule has 0 saturated carbocycles. The Labute approximate surface area is 112 Å². The van der Waals surface area contributed by atoms with Crippen LogP contribution in [0.15, 0.2) is 30.4 Å². The van der Waals surface area contributed by atoms with Gasteiger partial charge in [-0.3, -0.25) is 9.55 Å². The SMILES string of the molecule is Nc1nc(NCc2cncs2)nc(-n2ccnc2)n1. The standard InChI is InChI=1S/C10H10N8S/c11-8-15-9(14-4-7-3-13-6-19-7)17-10(16-8)18-2-1-12-5-18/h1-3,5-6H,4H2,(H3,11,14,15,16,17). The summed E-state index contributed by atoms with van der Waals surface area (Å²) < 4.78 is 1.66. The first kappa shape index (κ1) is 11.5. The molecule has 0 saturated heterocycles. The maximum absolute atomic E-state index is 5.67. The molecule has 0 bridgehead atoms. The molecule has 3 rings (SSSR count). The lowest BCUT2D eigenvalue weighted by Gasteiger charge is -2.06. The molecule has 96 valence electrons. The lowest BCUT2D eigenvalue weighted by atomic mass is 10.5. The molecule has 3 aromatic heterocycles. The normalized spacial score (nSPS) is 10.5. The molecule has 0 aliphatic rings. The summed E-state index contributed by atoms with van der Waals surface area (Å²) in [6.07, 6.45) is 6.77. The van der Waals surface area contributed by atoms with E-state index in [1.165, 1.54) is 0 Å². The van der Waals surface area contributed by atoms with E-state index in [1.807, 2.05) is 0 Å². The zero-order valence-electron chi connectivity index (χ0n) is 9.76. The number of anilines is 2. The van der Waals surface area contributed by atoms with Crippen molar-refractivity contribution >= 4 is 23.2 Å². The van der Waals surface area contributed by atoms with Crippen molar-refractivity contribution in [2.75, 3.05) is 11.1 Å². The molecule has 3 aromatic rings. The third kappa shape index (κ3) is 2.65. The van der Waals surface area contributed by atoms with E-state index in [9.17, 15) is 0 Å². The average molecular weight is 274 g/mol. The van der Waals surface area contributed by atoms with Crippen molar-refractivity contribution < 1.29 is 0 Å². The third-order valence-corrected chi connectivity index (χ3v) is 3.06. The second kappa shape index (κ2) is 4.98. The van der Waals surface area contributed by atoms with Gasteiger partial charge in [-0.25, -0.2) is 4.98 Å². The molecule has 0 atom stereocenters. The number of imidazole rings is 1. The van der Waals surface area contributed by atoms with Gasteiger partial charge in [-0.1, -0.05) is 0 Å². The third-order valence-electron chi connectivity index (χ3n) is 2.28. The minimum absolute atomic E-state index is 0.158. The maximum Gasteiger partial charge on any atom is 0.241 e. The molecule has 0 fully saturated rings. The Hall–Kier alpha value is -2.55. The van der Waals surface area contributed by atoms with Gasteiger partial charge >= 0.3 is 0 Å². The average Bonchev–Trinajstić information content (AvgIpc) is 3.09. The zero-order chi connectivity index (χ0) is 13.1. The number of hydrogen-bond acceptors (Lipinski definition) is 8. The van der Waals surface area contributed by atoms with Gasteiger partial charge < -0.3 is 11.1 Å². The molecule has 0 spiro atoms. The summed E-state index contributed by atoms with van der Waals surface area (Å²) in [6.45, 7) is 0.595. The first-order chi connectivity index (χ1) is 9.31. The number of thiazole rings is 1. The number of nitrogen functional groups attached to an aromatic ring is 1. The van der Waals surface area contributed by atoms with E-state index in [0.717, 1.165) is 4.88 Å². The minimum atomic E-state index is 0.158. The monoisotopic (exact) mass is 274 g/mol. The highest BCUT2D eigenvalue weighted by atomic mass is 32.1. The van der Waals surface area contributed by atoms with Gasteiger partial charge in [-0.15, -0.1) is 11.3 Å². The predicted octanol–water partition coefficient (Wildman–Crippen LogP) is 0.708. The number of nitrogens with zero attached hydrogens (tertiary/aromatic N) is 6. The first-order valence-corrected chi connectivity index (χ1v) is 6.30. The second-order valence-corrected chi connectivity index (χ2v) is 4.58. The van der Waals surface area contributed by atoms with Gasteiger partial charge in [0, 0.05) is 23.5 Å². The molecule has 3 N–H and O–H groups in total. The Morgan fingerprint density at radius 2 is 2.21 bits per heavy atom. The summed E-state index contributed by atoms with van der Waals surface area (Å²) in [5, 5.41) is 3.08. The van der Waals surface area contributed by atoms with Crippen LogP contribution in [-0.4, -0.2) is 29.5 Å². The molecular formula is C10H10N8S. The molecule has 0 unspecified atom stereocenters. The van der Waals surface area contributed by atoms with Crippen molar-refractivity contribution in [3.8, 4) is 5.95 Å². The van der Waals surface area contributed by atoms with Crippen LogP contribution in [0, 0.1) is 0 Å². The van der Waals surface area contributed by atoms with E-state index in [-0.39, 0.29) is 5.95 Å². The smallest absolute Gasteiger partial charge is 0.241 e. The molecule has 9 heteroatoms. The molecule has 19 heavy (non-hydrogen) atoms. The number of aromatic nitrogens is 6. The molecule has 0 radical (unpaired) electrons. The van der Waals surface area contributed by atoms with Crippen molar-refractivity contribution in [2.45, 2.75) is 6.54 Å². The lowest BCUT2D eigenvalue weighted by Crippen LogP contribution is -2.10. The van der Waals surface area contributed by atoms with E-state index in [2.05, 4.69) is 30.2 Å². The quantitative estimate of drug-likeness (QED) is 0.721. The Kier molecular flexibility index (Phi) is 3.02. The van der Waals surface area contributed by atoms with Crippen molar-refractivity contribution in [3.63, 3.8) is 0 Å². The van der Waals surface area contributed by atoms with Crippen LogP contribution in [0.3, 0.4) is 0 Å². The highest BCUT2D eigenvalue weighted by Crippen LogP contribution is 2.10. The van der Waals surface area contributed by atoms with Gasteiger partial charge in [0.15, 0.2) is 0 Å². The van der Waals surface area contributed by atoms with Crippen LogP contribution < -0.4 is 11.1 Å². The molecule has 0 aliphatic heterocycles. The van der Waals surface area contributed by atoms with Crippen molar-refractivity contribution in [1.82, 2.24) is 29.5 Å². The number of hydrogen-bond donors (Lipinski definition) is 2. The Balaban J connectivity index is 1.82. The summed E-state index contributed by atoms with van der Waals surface area (Å²) in [5.41, 5.74) is 7.44. The fraction of sp³-hybridized carbons (Fsp3) is 0.100. The van der Waals surface area contributed by atoms with Crippen LogP contribution >= 0.6 is 11.3 Å². The zero-order valence-corrected chi connectivity index (χ0v) is 10.6. The fourth-order valence-electron chi connectivity index (χ4n) is 1.45. The van der Waals surface area contributed by atoms with Crippen LogP contribution in [0.25, 0.3) is 5.95 Å². The number of nitrogens with one attached hydrogen (secondary N) is 1. The molecular weight excluding hydrogens is 264 g/mol. The van der Waals surface area contributed by atoms with Crippen molar-refractivity contribution in [1.29, 1.82) is 0 Å². The van der Waals surface area contributed by atoms with Crippen LogP contribution in [0.2, 0.25) is 0 Å². The largest absolute Gasteiger partial charge is 0.368 e. The van der Waals surface area contributed by atoms with Crippen LogP contribution in [0.1, 0.15) is 4.88 Å². The van der Waals surface area contributed by atoms with Crippen LogP contribution in [0.5, 0.6) is 0 Å². The van der Waals surface area contributed by atoms with Gasteiger partial charge in [-0.2, -0.15) is 15.0 Å². The van der Waals surface area contributed by atoms with Gasteiger partial charge in [0.05, 0.1) is 12.1 Å². The first-order valence-electron chi connectivity index (χ1n) is 5.42. The maximum atomic E-state index is 5.67. The van der Waals surface area contributed by atoms with E-state index < -0.39 is 0 Å². The predicted molar refractivity (Wildman–Crippen MR) is 70.8 cm³/mol. The summed E-state index contributed by atoms with van der Waals surface area (Å²) in [4.78, 5) is 21.4. The topological polar surface area (TPSA) is 107 Å². The van der Waals surface area contributed by atoms with Crippen LogP contribution in [0.4, 0.5) is 11.9 Å².